The van der Waals surface area contributed by atoms with E-state index in [1.165, 1.54) is 19.0 Å². The van der Waals surface area contributed by atoms with Crippen molar-refractivity contribution in [3.63, 3.8) is 0 Å². The lowest BCUT2D eigenvalue weighted by Gasteiger charge is -1.99. The highest BCUT2D eigenvalue weighted by molar-refractivity contribution is 5.22. The van der Waals surface area contributed by atoms with Gasteiger partial charge in [-0.15, -0.1) is 0 Å². The van der Waals surface area contributed by atoms with Gasteiger partial charge in [0.2, 0.25) is 0 Å². The topological polar surface area (TPSA) is 46.0 Å². The summed E-state index contributed by atoms with van der Waals surface area (Å²) in [7, 11) is 0. The second-order valence-corrected chi connectivity index (χ2v) is 2.97. The van der Waals surface area contributed by atoms with Crippen molar-refractivity contribution in [2.75, 3.05) is 0 Å². The Bertz CT molecular complexity index is 281. The van der Waals surface area contributed by atoms with Crippen molar-refractivity contribution in [1.82, 2.24) is 9.97 Å². The molecule has 0 atom stereocenters. The largest absolute Gasteiger partial charge is 0.504 e. The third-order valence-corrected chi connectivity index (χ3v) is 1.91. The van der Waals surface area contributed by atoms with E-state index in [1.54, 1.807) is 6.92 Å². The van der Waals surface area contributed by atoms with E-state index in [4.69, 9.17) is 5.11 Å². The van der Waals surface area contributed by atoms with E-state index in [2.05, 4.69) is 9.97 Å². The van der Waals surface area contributed by atoms with Gasteiger partial charge in [0.05, 0.1) is 11.9 Å². The summed E-state index contributed by atoms with van der Waals surface area (Å²) in [4.78, 5) is 8.21. The first-order valence-corrected chi connectivity index (χ1v) is 3.80. The van der Waals surface area contributed by atoms with Gasteiger partial charge < -0.3 is 5.11 Å². The van der Waals surface area contributed by atoms with E-state index >= 15 is 0 Å². The van der Waals surface area contributed by atoms with Gasteiger partial charge in [0.25, 0.3) is 0 Å². The van der Waals surface area contributed by atoms with Crippen molar-refractivity contribution in [3.8, 4) is 5.75 Å². The van der Waals surface area contributed by atoms with Crippen LogP contribution in [0.15, 0.2) is 6.20 Å². The highest BCUT2D eigenvalue weighted by Crippen LogP contribution is 2.38. The van der Waals surface area contributed by atoms with E-state index < -0.39 is 0 Å². The molecule has 1 aromatic heterocycles. The molecule has 0 saturated heterocycles. The summed E-state index contributed by atoms with van der Waals surface area (Å²) in [6.07, 6.45) is 3.88. The Morgan fingerprint density at radius 1 is 1.55 bits per heavy atom. The Kier molecular flexibility index (Phi) is 1.31. The van der Waals surface area contributed by atoms with Crippen LogP contribution in [0.25, 0.3) is 0 Å². The summed E-state index contributed by atoms with van der Waals surface area (Å²) in [5, 5.41) is 9.12. The standard InChI is InChI=1S/C8H10N2O/c1-5-7(11)4-9-8(10-5)6-2-3-6/h4,6,11H,2-3H2,1H3. The summed E-state index contributed by atoms with van der Waals surface area (Å²) >= 11 is 0. The smallest absolute Gasteiger partial charge is 0.155 e. The fourth-order valence-corrected chi connectivity index (χ4v) is 1.02. The molecule has 1 aliphatic carbocycles. The second kappa shape index (κ2) is 2.19. The van der Waals surface area contributed by atoms with Crippen molar-refractivity contribution < 1.29 is 5.11 Å². The van der Waals surface area contributed by atoms with Gasteiger partial charge in [-0.3, -0.25) is 0 Å². The highest BCUT2D eigenvalue weighted by atomic mass is 16.3. The number of aryl methyl sites for hydroxylation is 1. The van der Waals surface area contributed by atoms with E-state index in [1.807, 2.05) is 0 Å². The van der Waals surface area contributed by atoms with Crippen molar-refractivity contribution in [2.45, 2.75) is 25.7 Å². The van der Waals surface area contributed by atoms with Crippen LogP contribution in [0.3, 0.4) is 0 Å². The van der Waals surface area contributed by atoms with Gasteiger partial charge in [-0.2, -0.15) is 0 Å². The lowest BCUT2D eigenvalue weighted by atomic mass is 10.3. The second-order valence-electron chi connectivity index (χ2n) is 2.97. The number of hydrogen-bond acceptors (Lipinski definition) is 3. The summed E-state index contributed by atoms with van der Waals surface area (Å²) < 4.78 is 0. The van der Waals surface area contributed by atoms with E-state index in [0.29, 0.717) is 11.6 Å². The maximum atomic E-state index is 9.12. The van der Waals surface area contributed by atoms with Crippen LogP contribution in [-0.2, 0) is 0 Å². The van der Waals surface area contributed by atoms with Crippen LogP contribution in [0.1, 0.15) is 30.3 Å². The van der Waals surface area contributed by atoms with Gasteiger partial charge in [-0.1, -0.05) is 0 Å². The number of hydrogen-bond donors (Lipinski definition) is 1. The molecule has 2 rings (SSSR count). The third kappa shape index (κ3) is 1.18. The normalized spacial score (nSPS) is 16.8. The molecule has 1 saturated carbocycles. The van der Waals surface area contributed by atoms with Crippen molar-refractivity contribution >= 4 is 0 Å². The van der Waals surface area contributed by atoms with E-state index in [-0.39, 0.29) is 5.75 Å². The first-order valence-electron chi connectivity index (χ1n) is 3.80. The zero-order valence-electron chi connectivity index (χ0n) is 6.41. The molecule has 0 amide bonds. The van der Waals surface area contributed by atoms with Crippen molar-refractivity contribution in [1.29, 1.82) is 0 Å². The lowest BCUT2D eigenvalue weighted by molar-refractivity contribution is 0.463. The Hall–Kier alpha value is -1.12. The first-order chi connectivity index (χ1) is 5.27. The maximum absolute atomic E-state index is 9.12. The summed E-state index contributed by atoms with van der Waals surface area (Å²) in [5.74, 6) is 1.64. The summed E-state index contributed by atoms with van der Waals surface area (Å²) in [6, 6.07) is 0. The molecular formula is C8H10N2O. The minimum Gasteiger partial charge on any atom is -0.504 e. The quantitative estimate of drug-likeness (QED) is 0.657. The molecule has 0 aromatic carbocycles. The number of nitrogens with zero attached hydrogens (tertiary/aromatic N) is 2. The average molecular weight is 150 g/mol. The molecule has 3 heteroatoms. The molecule has 11 heavy (non-hydrogen) atoms. The third-order valence-electron chi connectivity index (χ3n) is 1.91. The Morgan fingerprint density at radius 3 is 2.82 bits per heavy atom. The molecule has 58 valence electrons. The minimum absolute atomic E-state index is 0.189. The van der Waals surface area contributed by atoms with Gasteiger partial charge in [-0.25, -0.2) is 9.97 Å². The zero-order valence-corrected chi connectivity index (χ0v) is 6.41. The zero-order chi connectivity index (χ0) is 7.84. The average Bonchev–Trinajstić information content (AvgIpc) is 2.77. The molecule has 0 unspecified atom stereocenters. The molecule has 0 radical (unpaired) electrons. The summed E-state index contributed by atoms with van der Waals surface area (Å²) in [6.45, 7) is 1.79. The molecule has 1 aromatic rings. The minimum atomic E-state index is 0.189. The van der Waals surface area contributed by atoms with Crippen LogP contribution in [0.5, 0.6) is 5.75 Å². The van der Waals surface area contributed by atoms with Crippen LogP contribution in [0.2, 0.25) is 0 Å². The maximum Gasteiger partial charge on any atom is 0.155 e. The van der Waals surface area contributed by atoms with Crippen LogP contribution < -0.4 is 0 Å². The molecule has 1 fully saturated rings. The monoisotopic (exact) mass is 150 g/mol. The number of aromatic nitrogens is 2. The molecule has 3 nitrogen and oxygen atoms in total. The van der Waals surface area contributed by atoms with Crippen LogP contribution >= 0.6 is 0 Å². The number of aromatic hydroxyl groups is 1. The molecule has 0 bridgehead atoms. The van der Waals surface area contributed by atoms with Crippen molar-refractivity contribution in [3.05, 3.63) is 17.7 Å². The van der Waals surface area contributed by atoms with E-state index in [0.717, 1.165) is 5.82 Å². The van der Waals surface area contributed by atoms with Gasteiger partial charge in [0, 0.05) is 5.92 Å². The predicted octanol–water partition coefficient (Wildman–Crippen LogP) is 1.37. The fraction of sp³-hybridized carbons (Fsp3) is 0.500. The molecule has 1 N–H and O–H groups in total. The van der Waals surface area contributed by atoms with Gasteiger partial charge in [-0.05, 0) is 19.8 Å². The Balaban J connectivity index is 2.36. The number of rotatable bonds is 1. The van der Waals surface area contributed by atoms with Crippen LogP contribution in [0, 0.1) is 6.92 Å². The predicted molar refractivity (Wildman–Crippen MR) is 40.4 cm³/mol. The van der Waals surface area contributed by atoms with Gasteiger partial charge >= 0.3 is 0 Å². The summed E-state index contributed by atoms with van der Waals surface area (Å²) in [5.41, 5.74) is 0.682. The molecule has 1 aliphatic rings. The highest BCUT2D eigenvalue weighted by Gasteiger charge is 2.26. The fourth-order valence-electron chi connectivity index (χ4n) is 1.02. The molecule has 1 heterocycles. The van der Waals surface area contributed by atoms with Crippen LogP contribution in [0.4, 0.5) is 0 Å². The molecule has 0 spiro atoms. The molecular weight excluding hydrogens is 140 g/mol. The van der Waals surface area contributed by atoms with Crippen molar-refractivity contribution in [2.24, 2.45) is 0 Å². The van der Waals surface area contributed by atoms with Gasteiger partial charge in [0.1, 0.15) is 5.82 Å². The molecule has 0 aliphatic heterocycles. The van der Waals surface area contributed by atoms with Gasteiger partial charge in [0.15, 0.2) is 5.75 Å². The van der Waals surface area contributed by atoms with E-state index in [9.17, 15) is 0 Å². The first kappa shape index (κ1) is 6.58. The Morgan fingerprint density at radius 2 is 2.27 bits per heavy atom. The van der Waals surface area contributed by atoms with Crippen LogP contribution in [-0.4, -0.2) is 15.1 Å². The Labute approximate surface area is 65.1 Å². The lowest BCUT2D eigenvalue weighted by Crippen LogP contribution is -1.93. The SMILES string of the molecule is Cc1nc(C2CC2)ncc1O.